The number of hydrogen-bond acceptors (Lipinski definition) is 3. The molecule has 3 fully saturated rings. The zero-order valence-corrected chi connectivity index (χ0v) is 7.99. The highest BCUT2D eigenvalue weighted by molar-refractivity contribution is 5.75. The van der Waals surface area contributed by atoms with E-state index in [0.29, 0.717) is 24.4 Å². The molecule has 1 aliphatic carbocycles. The van der Waals surface area contributed by atoms with Crippen LogP contribution in [0.1, 0.15) is 12.8 Å². The Labute approximate surface area is 78.5 Å². The maximum absolute atomic E-state index is 11.0. The van der Waals surface area contributed by atoms with Crippen molar-refractivity contribution in [2.45, 2.75) is 24.9 Å². The monoisotopic (exact) mass is 183 g/mol. The van der Waals surface area contributed by atoms with Crippen LogP contribution in [0.5, 0.6) is 0 Å². The van der Waals surface area contributed by atoms with E-state index in [1.807, 2.05) is 0 Å². The minimum Gasteiger partial charge on any atom is -0.359 e. The number of hydrogen-bond donors (Lipinski definition) is 2. The minimum atomic E-state index is 0.123. The van der Waals surface area contributed by atoms with Gasteiger partial charge in [0.2, 0.25) is 5.91 Å². The Morgan fingerprint density at radius 2 is 2.46 bits per heavy atom. The molecular weight excluding hydrogens is 166 g/mol. The van der Waals surface area contributed by atoms with Gasteiger partial charge in [-0.1, -0.05) is 0 Å². The Morgan fingerprint density at radius 3 is 2.92 bits per heavy atom. The van der Waals surface area contributed by atoms with E-state index in [1.165, 1.54) is 6.42 Å². The van der Waals surface area contributed by atoms with Crippen molar-refractivity contribution in [2.24, 2.45) is 11.7 Å². The molecule has 4 nitrogen and oxygen atoms in total. The molecule has 3 N–H and O–H groups in total. The van der Waals surface area contributed by atoms with Crippen LogP contribution in [0.25, 0.3) is 0 Å². The molecule has 13 heavy (non-hydrogen) atoms. The lowest BCUT2D eigenvalue weighted by Crippen LogP contribution is -2.49. The maximum atomic E-state index is 11.0. The first kappa shape index (κ1) is 8.97. The van der Waals surface area contributed by atoms with Crippen molar-refractivity contribution in [3.8, 4) is 0 Å². The van der Waals surface area contributed by atoms with E-state index in [9.17, 15) is 4.79 Å². The second-order valence-corrected chi connectivity index (χ2v) is 4.06. The highest BCUT2D eigenvalue weighted by Gasteiger charge is 2.49. The van der Waals surface area contributed by atoms with E-state index in [0.717, 1.165) is 13.1 Å². The van der Waals surface area contributed by atoms with Crippen molar-refractivity contribution in [1.29, 1.82) is 0 Å². The van der Waals surface area contributed by atoms with Gasteiger partial charge in [0.05, 0.1) is 0 Å². The highest BCUT2D eigenvalue weighted by Crippen LogP contribution is 2.39. The largest absolute Gasteiger partial charge is 0.359 e. The molecule has 0 aromatic heterocycles. The Bertz CT molecular complexity index is 219. The quantitative estimate of drug-likeness (QED) is 0.599. The third-order valence-corrected chi connectivity index (χ3v) is 3.38. The van der Waals surface area contributed by atoms with Crippen molar-refractivity contribution < 1.29 is 4.79 Å². The average molecular weight is 183 g/mol. The van der Waals surface area contributed by atoms with E-state index in [2.05, 4.69) is 10.2 Å². The molecule has 2 bridgehead atoms. The fourth-order valence-electron chi connectivity index (χ4n) is 2.40. The van der Waals surface area contributed by atoms with Crippen LogP contribution in [-0.4, -0.2) is 43.0 Å². The molecule has 3 aliphatic rings. The predicted molar refractivity (Wildman–Crippen MR) is 50.1 cm³/mol. The van der Waals surface area contributed by atoms with Crippen LogP contribution in [-0.2, 0) is 4.79 Å². The van der Waals surface area contributed by atoms with Gasteiger partial charge in [-0.25, -0.2) is 0 Å². The first-order valence-corrected chi connectivity index (χ1v) is 4.92. The normalized spacial score (nSPS) is 37.2. The number of nitrogens with one attached hydrogen (secondary N) is 1. The lowest BCUT2D eigenvalue weighted by Gasteiger charge is -2.33. The van der Waals surface area contributed by atoms with Crippen LogP contribution >= 0.6 is 0 Å². The van der Waals surface area contributed by atoms with Crippen molar-refractivity contribution >= 4 is 5.91 Å². The Kier molecular flexibility index (Phi) is 2.26. The summed E-state index contributed by atoms with van der Waals surface area (Å²) in [6, 6.07) is 0.944. The smallest absolute Gasteiger partial charge is 0.221 e. The molecule has 0 aromatic carbocycles. The SMILES string of the molecule is CNC(=O)CCN1CC2CC1C2N. The molecule has 0 radical (unpaired) electrons. The lowest BCUT2D eigenvalue weighted by atomic mass is 9.81. The van der Waals surface area contributed by atoms with E-state index >= 15 is 0 Å². The van der Waals surface area contributed by atoms with Crippen LogP contribution in [0.4, 0.5) is 0 Å². The Hall–Kier alpha value is -0.610. The highest BCUT2D eigenvalue weighted by atomic mass is 16.1. The molecule has 0 spiro atoms. The third kappa shape index (κ3) is 1.44. The number of carbonyl (C=O) groups is 1. The van der Waals surface area contributed by atoms with Crippen LogP contribution in [0.2, 0.25) is 0 Å². The van der Waals surface area contributed by atoms with Gasteiger partial charge < -0.3 is 11.1 Å². The summed E-state index contributed by atoms with van der Waals surface area (Å²) in [6.07, 6.45) is 1.85. The summed E-state index contributed by atoms with van der Waals surface area (Å²) in [5.41, 5.74) is 5.92. The van der Waals surface area contributed by atoms with Gasteiger partial charge in [-0.15, -0.1) is 0 Å². The number of amides is 1. The molecule has 2 aliphatic heterocycles. The van der Waals surface area contributed by atoms with Crippen molar-refractivity contribution in [1.82, 2.24) is 10.2 Å². The number of nitrogens with two attached hydrogens (primary N) is 1. The molecule has 1 amide bonds. The average Bonchev–Trinajstić information content (AvgIpc) is 2.69. The van der Waals surface area contributed by atoms with Gasteiger partial charge in [-0.05, 0) is 12.3 Å². The molecule has 3 atom stereocenters. The molecule has 74 valence electrons. The standard InChI is InChI=1S/C9H17N3O/c1-11-8(13)2-3-12-5-6-4-7(12)9(6)10/h6-7,9H,2-5,10H2,1H3,(H,11,13). The Morgan fingerprint density at radius 1 is 1.69 bits per heavy atom. The lowest BCUT2D eigenvalue weighted by molar-refractivity contribution is -0.120. The Balaban J connectivity index is 1.75. The summed E-state index contributed by atoms with van der Waals surface area (Å²) in [4.78, 5) is 13.4. The summed E-state index contributed by atoms with van der Waals surface area (Å²) in [6.45, 7) is 1.97. The maximum Gasteiger partial charge on any atom is 0.221 e. The fourth-order valence-corrected chi connectivity index (χ4v) is 2.40. The van der Waals surface area contributed by atoms with Crippen LogP contribution in [0.3, 0.4) is 0 Å². The number of nitrogens with zero attached hydrogens (tertiary/aromatic N) is 1. The van der Waals surface area contributed by atoms with E-state index < -0.39 is 0 Å². The third-order valence-electron chi connectivity index (χ3n) is 3.38. The zero-order valence-electron chi connectivity index (χ0n) is 7.99. The number of rotatable bonds is 3. The molecule has 3 rings (SSSR count). The molecule has 1 saturated carbocycles. The van der Waals surface area contributed by atoms with Crippen LogP contribution in [0.15, 0.2) is 0 Å². The molecule has 2 saturated heterocycles. The van der Waals surface area contributed by atoms with E-state index in [-0.39, 0.29) is 5.91 Å². The summed E-state index contributed by atoms with van der Waals surface area (Å²) in [5.74, 6) is 0.826. The van der Waals surface area contributed by atoms with Gasteiger partial charge in [-0.2, -0.15) is 0 Å². The molecule has 3 unspecified atom stereocenters. The molecule has 2 heterocycles. The minimum absolute atomic E-state index is 0.123. The van der Waals surface area contributed by atoms with Crippen LogP contribution in [0, 0.1) is 5.92 Å². The summed E-state index contributed by atoms with van der Waals surface area (Å²) >= 11 is 0. The molecule has 4 heteroatoms. The topological polar surface area (TPSA) is 58.4 Å². The zero-order chi connectivity index (χ0) is 9.42. The van der Waals surface area contributed by atoms with Gasteiger partial charge in [0, 0.05) is 38.6 Å². The second kappa shape index (κ2) is 3.27. The van der Waals surface area contributed by atoms with Gasteiger partial charge in [0.15, 0.2) is 0 Å². The first-order valence-electron chi connectivity index (χ1n) is 4.92. The van der Waals surface area contributed by atoms with Gasteiger partial charge >= 0.3 is 0 Å². The van der Waals surface area contributed by atoms with E-state index in [1.54, 1.807) is 7.05 Å². The number of carbonyl (C=O) groups excluding carboxylic acids is 1. The first-order chi connectivity index (χ1) is 6.22. The summed E-state index contributed by atoms with van der Waals surface area (Å²) in [7, 11) is 1.68. The molecule has 0 aromatic rings. The van der Waals surface area contributed by atoms with Crippen molar-refractivity contribution in [2.75, 3.05) is 20.1 Å². The molecular formula is C9H17N3O. The van der Waals surface area contributed by atoms with Gasteiger partial charge in [0.25, 0.3) is 0 Å². The second-order valence-electron chi connectivity index (χ2n) is 4.06. The van der Waals surface area contributed by atoms with E-state index in [4.69, 9.17) is 5.73 Å². The van der Waals surface area contributed by atoms with Crippen molar-refractivity contribution in [3.05, 3.63) is 0 Å². The summed E-state index contributed by atoms with van der Waals surface area (Å²) < 4.78 is 0. The predicted octanol–water partition coefficient (Wildman–Crippen LogP) is -0.846. The van der Waals surface area contributed by atoms with Gasteiger partial charge in [-0.3, -0.25) is 9.69 Å². The number of fused-ring (bicyclic) bond motifs is 1. The van der Waals surface area contributed by atoms with Gasteiger partial charge in [0.1, 0.15) is 0 Å². The van der Waals surface area contributed by atoms with Crippen molar-refractivity contribution in [3.63, 3.8) is 0 Å². The fraction of sp³-hybridized carbons (Fsp3) is 0.889. The summed E-state index contributed by atoms with van der Waals surface area (Å²) in [5, 5.41) is 2.63. The van der Waals surface area contributed by atoms with Crippen LogP contribution < -0.4 is 11.1 Å².